The van der Waals surface area contributed by atoms with Gasteiger partial charge in [-0.3, -0.25) is 14.4 Å². The molecule has 2 N–H and O–H groups in total. The third-order valence-electron chi connectivity index (χ3n) is 4.71. The molecule has 0 spiro atoms. The summed E-state index contributed by atoms with van der Waals surface area (Å²) in [5.41, 5.74) is -0.606. The Morgan fingerprint density at radius 2 is 1.89 bits per heavy atom. The quantitative estimate of drug-likeness (QED) is 0.688. The van der Waals surface area contributed by atoms with Gasteiger partial charge < -0.3 is 20.1 Å². The van der Waals surface area contributed by atoms with Crippen LogP contribution in [0.4, 0.5) is 0 Å². The lowest BCUT2D eigenvalue weighted by molar-refractivity contribution is -0.154. The molecule has 2 amide bonds. The number of carbonyl (C=O) groups excluding carboxylic acids is 3. The molecule has 1 aromatic rings. The maximum absolute atomic E-state index is 12.3. The van der Waals surface area contributed by atoms with Gasteiger partial charge in [-0.2, -0.15) is 5.26 Å². The highest BCUT2D eigenvalue weighted by atomic mass is 16.5. The van der Waals surface area contributed by atoms with Crippen LogP contribution in [-0.4, -0.2) is 43.1 Å². The van der Waals surface area contributed by atoms with Crippen molar-refractivity contribution in [3.05, 3.63) is 29.8 Å². The number of amides is 2. The van der Waals surface area contributed by atoms with Crippen LogP contribution in [0, 0.1) is 11.3 Å². The number of nitrogens with zero attached hydrogens (tertiary/aromatic N) is 1. The summed E-state index contributed by atoms with van der Waals surface area (Å²) in [6.07, 6.45) is 2.89. The fourth-order valence-electron chi connectivity index (χ4n) is 3.13. The third-order valence-corrected chi connectivity index (χ3v) is 4.71. The van der Waals surface area contributed by atoms with Crippen molar-refractivity contribution in [2.45, 2.75) is 50.7 Å². The maximum Gasteiger partial charge on any atom is 0.326 e. The first-order valence-electron chi connectivity index (χ1n) is 9.25. The van der Waals surface area contributed by atoms with E-state index in [4.69, 9.17) is 9.47 Å². The molecule has 0 saturated heterocycles. The Kier molecular flexibility index (Phi) is 7.38. The van der Waals surface area contributed by atoms with E-state index in [9.17, 15) is 19.6 Å². The molecule has 1 fully saturated rings. The second-order valence-electron chi connectivity index (χ2n) is 6.76. The normalized spacial score (nSPS) is 16.2. The van der Waals surface area contributed by atoms with Crippen LogP contribution in [0.15, 0.2) is 24.3 Å². The van der Waals surface area contributed by atoms with Gasteiger partial charge in [-0.1, -0.05) is 31.4 Å². The van der Waals surface area contributed by atoms with E-state index in [1.165, 1.54) is 14.0 Å². The Morgan fingerprint density at radius 3 is 2.54 bits per heavy atom. The van der Waals surface area contributed by atoms with E-state index >= 15 is 0 Å². The average Bonchev–Trinajstić information content (AvgIpc) is 2.72. The van der Waals surface area contributed by atoms with E-state index in [1.54, 1.807) is 24.3 Å². The molecule has 28 heavy (non-hydrogen) atoms. The number of hydrogen-bond acceptors (Lipinski definition) is 6. The summed E-state index contributed by atoms with van der Waals surface area (Å²) in [5.74, 6) is -1.37. The predicted molar refractivity (Wildman–Crippen MR) is 100 cm³/mol. The Morgan fingerprint density at radius 1 is 1.21 bits per heavy atom. The molecule has 0 radical (unpaired) electrons. The lowest BCUT2D eigenvalue weighted by Gasteiger charge is -2.32. The molecule has 1 aromatic carbocycles. The van der Waals surface area contributed by atoms with E-state index in [2.05, 4.69) is 16.7 Å². The number of para-hydroxylation sites is 1. The lowest BCUT2D eigenvalue weighted by Crippen LogP contribution is -2.52. The second kappa shape index (κ2) is 9.74. The number of nitriles is 1. The summed E-state index contributed by atoms with van der Waals surface area (Å²) < 4.78 is 10.2. The van der Waals surface area contributed by atoms with Crippen LogP contribution in [0.1, 0.15) is 49.4 Å². The van der Waals surface area contributed by atoms with Crippen molar-refractivity contribution < 1.29 is 23.9 Å². The lowest BCUT2D eigenvalue weighted by atomic mass is 9.83. The van der Waals surface area contributed by atoms with Gasteiger partial charge in [-0.15, -0.1) is 0 Å². The van der Waals surface area contributed by atoms with Crippen molar-refractivity contribution in [1.82, 2.24) is 10.6 Å². The minimum Gasteiger partial charge on any atom is -0.496 e. The predicted octanol–water partition coefficient (Wildman–Crippen LogP) is 1.70. The second-order valence-corrected chi connectivity index (χ2v) is 6.76. The van der Waals surface area contributed by atoms with E-state index < -0.39 is 36.0 Å². The summed E-state index contributed by atoms with van der Waals surface area (Å²) in [5, 5.41) is 14.6. The first-order valence-corrected chi connectivity index (χ1v) is 9.25. The molecule has 150 valence electrons. The van der Waals surface area contributed by atoms with Gasteiger partial charge in [0.2, 0.25) is 0 Å². The van der Waals surface area contributed by atoms with Gasteiger partial charge in [-0.05, 0) is 31.9 Å². The minimum atomic E-state index is -1.07. The zero-order valence-electron chi connectivity index (χ0n) is 16.1. The van der Waals surface area contributed by atoms with Crippen LogP contribution in [0.2, 0.25) is 0 Å². The molecule has 1 aliphatic carbocycles. The van der Waals surface area contributed by atoms with Gasteiger partial charge >= 0.3 is 5.97 Å². The summed E-state index contributed by atoms with van der Waals surface area (Å²) in [7, 11) is 1.45. The summed E-state index contributed by atoms with van der Waals surface area (Å²) in [4.78, 5) is 36.5. The smallest absolute Gasteiger partial charge is 0.326 e. The molecule has 0 unspecified atom stereocenters. The Hall–Kier alpha value is -3.08. The molecule has 8 nitrogen and oxygen atoms in total. The van der Waals surface area contributed by atoms with Gasteiger partial charge in [0.15, 0.2) is 6.10 Å². The van der Waals surface area contributed by atoms with E-state index in [0.29, 0.717) is 18.6 Å². The van der Waals surface area contributed by atoms with Gasteiger partial charge in [0.05, 0.1) is 18.7 Å². The van der Waals surface area contributed by atoms with E-state index in [-0.39, 0.29) is 5.56 Å². The van der Waals surface area contributed by atoms with Crippen LogP contribution in [0.5, 0.6) is 5.75 Å². The van der Waals surface area contributed by atoms with Crippen LogP contribution < -0.4 is 15.4 Å². The molecule has 0 bridgehead atoms. The summed E-state index contributed by atoms with van der Waals surface area (Å²) in [6.45, 7) is 1.04. The minimum absolute atomic E-state index is 0.289. The molecule has 1 saturated carbocycles. The fourth-order valence-corrected chi connectivity index (χ4v) is 3.13. The van der Waals surface area contributed by atoms with Crippen molar-refractivity contribution in [1.29, 1.82) is 5.26 Å². The van der Waals surface area contributed by atoms with E-state index in [0.717, 1.165) is 19.3 Å². The standard InChI is InChI=1S/C20H25N3O5/c1-14(18(25)23-20(13-21)10-6-3-7-11-20)28-17(24)12-22-19(26)15-8-4-5-9-16(15)27-2/h4-5,8-9,14H,3,6-7,10-12H2,1-2H3,(H,22,26)(H,23,25)/t14-/m1/s1. The van der Waals surface area contributed by atoms with Crippen LogP contribution in [0.3, 0.4) is 0 Å². The van der Waals surface area contributed by atoms with Crippen molar-refractivity contribution >= 4 is 17.8 Å². The number of esters is 1. The van der Waals surface area contributed by atoms with Crippen LogP contribution >= 0.6 is 0 Å². The van der Waals surface area contributed by atoms with Crippen LogP contribution in [-0.2, 0) is 14.3 Å². The highest BCUT2D eigenvalue weighted by Gasteiger charge is 2.35. The topological polar surface area (TPSA) is 118 Å². The fraction of sp³-hybridized carbons (Fsp3) is 0.500. The molecule has 8 heteroatoms. The first kappa shape index (κ1) is 21.2. The summed E-state index contributed by atoms with van der Waals surface area (Å²) in [6, 6.07) is 8.80. The largest absolute Gasteiger partial charge is 0.496 e. The Labute approximate surface area is 164 Å². The van der Waals surface area contributed by atoms with Crippen molar-refractivity contribution in [2.24, 2.45) is 0 Å². The van der Waals surface area contributed by atoms with Gasteiger partial charge in [0.1, 0.15) is 17.8 Å². The number of carbonyl (C=O) groups is 3. The average molecular weight is 387 g/mol. The molecule has 0 aliphatic heterocycles. The molecule has 2 rings (SSSR count). The number of benzene rings is 1. The third kappa shape index (κ3) is 5.46. The molecule has 0 aromatic heterocycles. The van der Waals surface area contributed by atoms with Crippen molar-refractivity contribution in [2.75, 3.05) is 13.7 Å². The Balaban J connectivity index is 1.84. The first-order chi connectivity index (χ1) is 13.4. The Bertz CT molecular complexity index is 765. The van der Waals surface area contributed by atoms with E-state index in [1.807, 2.05) is 0 Å². The van der Waals surface area contributed by atoms with Crippen molar-refractivity contribution in [3.63, 3.8) is 0 Å². The summed E-state index contributed by atoms with van der Waals surface area (Å²) >= 11 is 0. The number of rotatable bonds is 7. The molecule has 1 atom stereocenters. The van der Waals surface area contributed by atoms with Crippen LogP contribution in [0.25, 0.3) is 0 Å². The van der Waals surface area contributed by atoms with Gasteiger partial charge in [0.25, 0.3) is 11.8 Å². The zero-order chi connectivity index (χ0) is 20.6. The molecule has 1 aliphatic rings. The molecular weight excluding hydrogens is 362 g/mol. The number of hydrogen-bond donors (Lipinski definition) is 2. The highest BCUT2D eigenvalue weighted by Crippen LogP contribution is 2.27. The zero-order valence-corrected chi connectivity index (χ0v) is 16.1. The maximum atomic E-state index is 12.3. The van der Waals surface area contributed by atoms with Gasteiger partial charge in [-0.25, -0.2) is 0 Å². The highest BCUT2D eigenvalue weighted by molar-refractivity contribution is 5.98. The molecular formula is C20H25N3O5. The number of nitrogens with one attached hydrogen (secondary N) is 2. The number of ether oxygens (including phenoxy) is 2. The van der Waals surface area contributed by atoms with Crippen molar-refractivity contribution in [3.8, 4) is 11.8 Å². The monoisotopic (exact) mass is 387 g/mol. The van der Waals surface area contributed by atoms with Gasteiger partial charge in [0, 0.05) is 0 Å². The SMILES string of the molecule is COc1ccccc1C(=O)NCC(=O)O[C@H](C)C(=O)NC1(C#N)CCCCC1. The number of methoxy groups -OCH3 is 1. The molecule has 0 heterocycles.